The Balaban J connectivity index is 2.01. The van der Waals surface area contributed by atoms with Gasteiger partial charge in [-0.05, 0) is 30.7 Å². The van der Waals surface area contributed by atoms with E-state index in [2.05, 4.69) is 15.4 Å². The Morgan fingerprint density at radius 2 is 2.22 bits per heavy atom. The van der Waals surface area contributed by atoms with Gasteiger partial charge in [0.05, 0.1) is 6.67 Å². The molecule has 0 aliphatic rings. The van der Waals surface area contributed by atoms with E-state index in [4.69, 9.17) is 0 Å². The summed E-state index contributed by atoms with van der Waals surface area (Å²) >= 11 is 0. The van der Waals surface area contributed by atoms with E-state index in [1.54, 1.807) is 6.07 Å². The first-order chi connectivity index (χ1) is 8.81. The fourth-order valence-electron chi connectivity index (χ4n) is 1.60. The smallest absolute Gasteiger partial charge is 0.149 e. The summed E-state index contributed by atoms with van der Waals surface area (Å²) in [6.07, 6.45) is 3.27. The number of hydrogen-bond donors (Lipinski definition) is 1. The Kier molecular flexibility index (Phi) is 4.35. The molecule has 0 unspecified atom stereocenters. The van der Waals surface area contributed by atoms with Crippen molar-refractivity contribution in [2.45, 2.75) is 13.0 Å². The quantitative estimate of drug-likeness (QED) is 0.798. The van der Waals surface area contributed by atoms with E-state index in [9.17, 15) is 8.78 Å². The van der Waals surface area contributed by atoms with Crippen molar-refractivity contribution < 1.29 is 8.78 Å². The number of rotatable bonds is 6. The number of alkyl halides is 1. The van der Waals surface area contributed by atoms with E-state index in [1.165, 1.54) is 23.4 Å². The number of nitrogens with one attached hydrogen (secondary N) is 1. The molecule has 1 heterocycles. The summed E-state index contributed by atoms with van der Waals surface area (Å²) in [5.41, 5.74) is 1.18. The van der Waals surface area contributed by atoms with Crippen molar-refractivity contribution in [3.63, 3.8) is 0 Å². The van der Waals surface area contributed by atoms with Gasteiger partial charge in [-0.25, -0.2) is 14.1 Å². The van der Waals surface area contributed by atoms with Gasteiger partial charge in [-0.1, -0.05) is 6.07 Å². The van der Waals surface area contributed by atoms with Crippen molar-refractivity contribution in [1.29, 1.82) is 0 Å². The third-order valence-electron chi connectivity index (χ3n) is 2.49. The second-order valence-corrected chi connectivity index (χ2v) is 3.85. The van der Waals surface area contributed by atoms with E-state index < -0.39 is 0 Å². The third kappa shape index (κ3) is 3.10. The summed E-state index contributed by atoms with van der Waals surface area (Å²) in [5.74, 6) is -0.356. The van der Waals surface area contributed by atoms with Crippen LogP contribution in [-0.4, -0.2) is 28.0 Å². The summed E-state index contributed by atoms with van der Waals surface area (Å²) in [4.78, 5) is 3.77. The molecule has 18 heavy (non-hydrogen) atoms. The number of hydrogen-bond acceptors (Lipinski definition) is 3. The van der Waals surface area contributed by atoms with Gasteiger partial charge < -0.3 is 5.32 Å². The summed E-state index contributed by atoms with van der Waals surface area (Å²) in [6, 6.07) is 4.90. The highest BCUT2D eigenvalue weighted by molar-refractivity contribution is 5.35. The lowest BCUT2D eigenvalue weighted by atomic mass is 10.2. The van der Waals surface area contributed by atoms with Crippen LogP contribution in [0.1, 0.15) is 12.0 Å². The monoisotopic (exact) mass is 252 g/mol. The Hall–Kier alpha value is -1.82. The molecule has 0 aliphatic carbocycles. The van der Waals surface area contributed by atoms with Crippen LogP contribution in [0, 0.1) is 5.82 Å². The molecule has 1 aromatic carbocycles. The van der Waals surface area contributed by atoms with Gasteiger partial charge in [0.2, 0.25) is 0 Å². The van der Waals surface area contributed by atoms with Crippen LogP contribution in [-0.2, 0) is 6.54 Å². The van der Waals surface area contributed by atoms with Crippen LogP contribution < -0.4 is 5.32 Å². The van der Waals surface area contributed by atoms with Crippen molar-refractivity contribution in [1.82, 2.24) is 20.1 Å². The molecule has 0 saturated carbocycles. The van der Waals surface area contributed by atoms with Crippen LogP contribution in [0.15, 0.2) is 30.9 Å². The predicted octanol–water partition coefficient (Wildman–Crippen LogP) is 1.86. The zero-order chi connectivity index (χ0) is 12.8. The molecule has 0 saturated heterocycles. The van der Waals surface area contributed by atoms with Crippen LogP contribution in [0.2, 0.25) is 0 Å². The largest absolute Gasteiger partial charge is 0.313 e. The Morgan fingerprint density at radius 1 is 1.33 bits per heavy atom. The molecule has 1 aromatic heterocycles. The first kappa shape index (κ1) is 12.6. The molecule has 0 aliphatic heterocycles. The minimum Gasteiger partial charge on any atom is -0.313 e. The molecular formula is C12H14F2N4. The topological polar surface area (TPSA) is 42.7 Å². The minimum atomic E-state index is -0.356. The average molecular weight is 252 g/mol. The molecule has 96 valence electrons. The molecule has 0 amide bonds. The molecule has 2 aromatic rings. The van der Waals surface area contributed by atoms with Crippen LogP contribution in [0.4, 0.5) is 8.78 Å². The molecule has 0 fully saturated rings. The van der Waals surface area contributed by atoms with Crippen molar-refractivity contribution in [3.05, 3.63) is 42.2 Å². The van der Waals surface area contributed by atoms with Gasteiger partial charge in [0, 0.05) is 6.54 Å². The van der Waals surface area contributed by atoms with Gasteiger partial charge in [-0.2, -0.15) is 5.10 Å². The normalized spacial score (nSPS) is 10.8. The van der Waals surface area contributed by atoms with E-state index in [-0.39, 0.29) is 12.5 Å². The Morgan fingerprint density at radius 3 is 2.89 bits per heavy atom. The zero-order valence-electron chi connectivity index (χ0n) is 9.81. The van der Waals surface area contributed by atoms with Gasteiger partial charge in [0.25, 0.3) is 0 Å². The highest BCUT2D eigenvalue weighted by Gasteiger charge is 2.05. The first-order valence-electron chi connectivity index (χ1n) is 5.71. The molecule has 2 rings (SSSR count). The molecule has 0 atom stereocenters. The van der Waals surface area contributed by atoms with Gasteiger partial charge in [0.15, 0.2) is 0 Å². The van der Waals surface area contributed by atoms with Crippen LogP contribution in [0.25, 0.3) is 5.69 Å². The third-order valence-corrected chi connectivity index (χ3v) is 2.49. The lowest BCUT2D eigenvalue weighted by molar-refractivity contribution is 0.459. The van der Waals surface area contributed by atoms with E-state index in [0.29, 0.717) is 25.2 Å². The molecule has 1 N–H and O–H groups in total. The molecule has 0 radical (unpaired) electrons. The number of halogens is 2. The fourth-order valence-corrected chi connectivity index (χ4v) is 1.60. The van der Waals surface area contributed by atoms with Crippen molar-refractivity contribution in [2.24, 2.45) is 0 Å². The molecular weight excluding hydrogens is 238 g/mol. The summed E-state index contributed by atoms with van der Waals surface area (Å²) in [7, 11) is 0. The molecule has 6 heteroatoms. The van der Waals surface area contributed by atoms with E-state index in [0.717, 1.165) is 5.56 Å². The number of aromatic nitrogens is 3. The lowest BCUT2D eigenvalue weighted by Crippen LogP contribution is -2.15. The van der Waals surface area contributed by atoms with Crippen molar-refractivity contribution in [3.8, 4) is 5.69 Å². The maximum atomic E-state index is 13.8. The molecule has 0 bridgehead atoms. The predicted molar refractivity (Wildman–Crippen MR) is 63.6 cm³/mol. The first-order valence-corrected chi connectivity index (χ1v) is 5.71. The van der Waals surface area contributed by atoms with Crippen LogP contribution in [0.5, 0.6) is 0 Å². The maximum absolute atomic E-state index is 13.8. The minimum absolute atomic E-state index is 0.341. The summed E-state index contributed by atoms with van der Waals surface area (Å²) in [6.45, 7) is 0.768. The SMILES string of the molecule is FCCCNCc1ccc(-n2cncn2)c(F)c1. The highest BCUT2D eigenvalue weighted by Crippen LogP contribution is 2.13. The second kappa shape index (κ2) is 6.20. The van der Waals surface area contributed by atoms with Crippen molar-refractivity contribution >= 4 is 0 Å². The molecule has 0 spiro atoms. The number of benzene rings is 1. The van der Waals surface area contributed by atoms with E-state index >= 15 is 0 Å². The standard InChI is InChI=1S/C12H14F2N4/c13-4-1-5-15-7-10-2-3-12(11(14)6-10)18-9-16-8-17-18/h2-3,6,8-9,15H,1,4-5,7H2. The lowest BCUT2D eigenvalue weighted by Gasteiger charge is -2.06. The van der Waals surface area contributed by atoms with Crippen molar-refractivity contribution in [2.75, 3.05) is 13.2 Å². The maximum Gasteiger partial charge on any atom is 0.149 e. The van der Waals surface area contributed by atoms with E-state index in [1.807, 2.05) is 6.07 Å². The van der Waals surface area contributed by atoms with Gasteiger partial charge in [0.1, 0.15) is 24.2 Å². The second-order valence-electron chi connectivity index (χ2n) is 3.85. The average Bonchev–Trinajstić information content (AvgIpc) is 2.88. The highest BCUT2D eigenvalue weighted by atomic mass is 19.1. The van der Waals surface area contributed by atoms with Gasteiger partial charge >= 0.3 is 0 Å². The Labute approximate surface area is 104 Å². The van der Waals surface area contributed by atoms with Gasteiger partial charge in [-0.15, -0.1) is 0 Å². The van der Waals surface area contributed by atoms with Crippen LogP contribution in [0.3, 0.4) is 0 Å². The number of nitrogens with zero attached hydrogens (tertiary/aromatic N) is 3. The molecule has 4 nitrogen and oxygen atoms in total. The van der Waals surface area contributed by atoms with Gasteiger partial charge in [-0.3, -0.25) is 4.39 Å². The summed E-state index contributed by atoms with van der Waals surface area (Å²) in [5, 5.41) is 6.91. The Bertz CT molecular complexity index is 485. The van der Waals surface area contributed by atoms with Crippen LogP contribution >= 0.6 is 0 Å². The zero-order valence-corrected chi connectivity index (χ0v) is 9.81. The summed E-state index contributed by atoms with van der Waals surface area (Å²) < 4.78 is 27.1. The fraction of sp³-hybridized carbons (Fsp3) is 0.333.